The smallest absolute Gasteiger partial charge is 0.217 e. The quantitative estimate of drug-likeness (QED) is 0.818. The molecular weight excluding hydrogens is 295 g/mol. The molecule has 1 saturated carbocycles. The fraction of sp³-hybridized carbons (Fsp3) is 0.429. The summed E-state index contributed by atoms with van der Waals surface area (Å²) in [6.45, 7) is 0. The van der Waals surface area contributed by atoms with Gasteiger partial charge < -0.3 is 0 Å². The third-order valence-electron chi connectivity index (χ3n) is 3.93. The molecule has 21 heavy (non-hydrogen) atoms. The number of carbonyl (C=O) groups excluding carboxylic acids is 1. The summed E-state index contributed by atoms with van der Waals surface area (Å²) >= 11 is 6.13. The summed E-state index contributed by atoms with van der Waals surface area (Å²) in [6.07, 6.45) is 2.30. The Morgan fingerprint density at radius 2 is 2.24 bits per heavy atom. The Balaban J connectivity index is 1.75. The van der Waals surface area contributed by atoms with Crippen LogP contribution in [0, 0.1) is 5.92 Å². The molecule has 108 valence electrons. The summed E-state index contributed by atoms with van der Waals surface area (Å²) in [5.74, 6) is 0.246. The summed E-state index contributed by atoms with van der Waals surface area (Å²) in [6, 6.07) is 3.03. The monoisotopic (exact) mass is 306 g/mol. The van der Waals surface area contributed by atoms with Crippen LogP contribution >= 0.6 is 11.6 Å². The van der Waals surface area contributed by atoms with Crippen LogP contribution in [0.1, 0.15) is 53.6 Å². The molecular formula is C14H12ClFN4O. The third kappa shape index (κ3) is 2.05. The molecule has 2 unspecified atom stereocenters. The topological polar surface area (TPSA) is 60.7 Å². The van der Waals surface area contributed by atoms with Crippen molar-refractivity contribution < 1.29 is 9.18 Å². The van der Waals surface area contributed by atoms with Crippen molar-refractivity contribution in [1.29, 1.82) is 0 Å². The molecule has 0 saturated heterocycles. The lowest BCUT2D eigenvalue weighted by Crippen LogP contribution is -2.12. The van der Waals surface area contributed by atoms with Gasteiger partial charge in [0.25, 0.3) is 0 Å². The molecule has 1 fully saturated rings. The highest BCUT2D eigenvalue weighted by Gasteiger charge is 2.40. The van der Waals surface area contributed by atoms with Gasteiger partial charge in [0.1, 0.15) is 6.04 Å². The normalized spacial score (nSPS) is 24.1. The number of hydrogen-bond acceptors (Lipinski definition) is 4. The van der Waals surface area contributed by atoms with Gasteiger partial charge in [-0.1, -0.05) is 11.6 Å². The molecule has 4 rings (SSSR count). The van der Waals surface area contributed by atoms with Gasteiger partial charge in [-0.2, -0.15) is 0 Å². The Kier molecular flexibility index (Phi) is 2.82. The molecule has 3 heterocycles. The van der Waals surface area contributed by atoms with Gasteiger partial charge in [0.2, 0.25) is 11.6 Å². The highest BCUT2D eigenvalue weighted by molar-refractivity contribution is 6.31. The van der Waals surface area contributed by atoms with Crippen molar-refractivity contribution in [2.45, 2.75) is 31.5 Å². The number of nitrogens with zero attached hydrogens (tertiary/aromatic N) is 4. The molecule has 1 aliphatic heterocycles. The Hall–Kier alpha value is -1.82. The molecule has 5 nitrogen and oxygen atoms in total. The fourth-order valence-corrected chi connectivity index (χ4v) is 2.93. The van der Waals surface area contributed by atoms with Crippen LogP contribution in [-0.4, -0.2) is 25.5 Å². The summed E-state index contributed by atoms with van der Waals surface area (Å²) < 4.78 is 15.6. The largest absolute Gasteiger partial charge is 0.290 e. The van der Waals surface area contributed by atoms with Gasteiger partial charge in [-0.05, 0) is 25.0 Å². The Morgan fingerprint density at radius 3 is 2.95 bits per heavy atom. The maximum atomic E-state index is 14.2. The van der Waals surface area contributed by atoms with E-state index in [1.807, 2.05) is 0 Å². The van der Waals surface area contributed by atoms with E-state index in [0.717, 1.165) is 12.8 Å². The van der Waals surface area contributed by atoms with E-state index in [4.69, 9.17) is 11.6 Å². The van der Waals surface area contributed by atoms with E-state index in [1.54, 1.807) is 18.3 Å². The minimum absolute atomic E-state index is 0.0167. The maximum Gasteiger partial charge on any atom is 0.217 e. The number of rotatable bonds is 3. The molecule has 2 atom stereocenters. The number of alkyl halides is 1. The van der Waals surface area contributed by atoms with Crippen LogP contribution in [0.25, 0.3) is 0 Å². The minimum Gasteiger partial charge on any atom is -0.290 e. The molecule has 0 N–H and O–H groups in total. The first-order chi connectivity index (χ1) is 10.1. The van der Waals surface area contributed by atoms with Crippen molar-refractivity contribution >= 4 is 17.4 Å². The number of pyridine rings is 1. The maximum absolute atomic E-state index is 14.2. The van der Waals surface area contributed by atoms with Gasteiger partial charge in [0.05, 0.1) is 10.7 Å². The predicted molar refractivity (Wildman–Crippen MR) is 72.9 cm³/mol. The summed E-state index contributed by atoms with van der Waals surface area (Å²) in [5.41, 5.74) is 0.566. The zero-order valence-corrected chi connectivity index (χ0v) is 11.8. The van der Waals surface area contributed by atoms with E-state index in [1.165, 1.54) is 4.68 Å². The first-order valence-electron chi connectivity index (χ1n) is 6.90. The number of aromatic nitrogens is 4. The van der Waals surface area contributed by atoms with E-state index < -0.39 is 12.2 Å². The number of carbonyl (C=O) groups is 1. The second-order valence-corrected chi connectivity index (χ2v) is 5.87. The van der Waals surface area contributed by atoms with Crippen LogP contribution in [0.5, 0.6) is 0 Å². The highest BCUT2D eigenvalue weighted by Crippen LogP contribution is 2.41. The van der Waals surface area contributed by atoms with Crippen molar-refractivity contribution in [2.24, 2.45) is 5.92 Å². The second kappa shape index (κ2) is 4.59. The summed E-state index contributed by atoms with van der Waals surface area (Å²) in [4.78, 5) is 20.3. The zero-order valence-electron chi connectivity index (χ0n) is 11.0. The molecule has 0 bridgehead atoms. The number of ketones is 1. The van der Waals surface area contributed by atoms with Crippen molar-refractivity contribution in [3.05, 3.63) is 40.7 Å². The first-order valence-corrected chi connectivity index (χ1v) is 7.28. The van der Waals surface area contributed by atoms with Gasteiger partial charge >= 0.3 is 0 Å². The van der Waals surface area contributed by atoms with Crippen molar-refractivity contribution in [3.63, 3.8) is 0 Å². The minimum atomic E-state index is -1.25. The van der Waals surface area contributed by atoms with Crippen LogP contribution in [0.3, 0.4) is 0 Å². The molecule has 2 aliphatic rings. The van der Waals surface area contributed by atoms with Gasteiger partial charge in [0.15, 0.2) is 12.0 Å². The molecule has 0 radical (unpaired) electrons. The van der Waals surface area contributed by atoms with Crippen molar-refractivity contribution in [2.75, 3.05) is 0 Å². The van der Waals surface area contributed by atoms with Crippen LogP contribution in [0.4, 0.5) is 4.39 Å². The average molecular weight is 307 g/mol. The van der Waals surface area contributed by atoms with Crippen LogP contribution in [-0.2, 0) is 0 Å². The SMILES string of the molecule is O=C(c1nc2n(n1)C(c1ncccc1Cl)CC2F)C1CC1. The molecule has 1 aliphatic carbocycles. The van der Waals surface area contributed by atoms with E-state index in [0.29, 0.717) is 10.7 Å². The second-order valence-electron chi connectivity index (χ2n) is 5.47. The molecule has 0 amide bonds. The van der Waals surface area contributed by atoms with Crippen LogP contribution in [0.2, 0.25) is 5.02 Å². The average Bonchev–Trinajstić information content (AvgIpc) is 3.15. The number of fused-ring (bicyclic) bond motifs is 1. The summed E-state index contributed by atoms with van der Waals surface area (Å²) in [7, 11) is 0. The first kappa shape index (κ1) is 12.9. The van der Waals surface area contributed by atoms with Gasteiger partial charge in [0, 0.05) is 18.5 Å². The lowest BCUT2D eigenvalue weighted by atomic mass is 10.1. The molecule has 7 heteroatoms. The van der Waals surface area contributed by atoms with Crippen LogP contribution in [0.15, 0.2) is 18.3 Å². The Bertz CT molecular complexity index is 728. The predicted octanol–water partition coefficient (Wildman–Crippen LogP) is 2.92. The highest BCUT2D eigenvalue weighted by atomic mass is 35.5. The van der Waals surface area contributed by atoms with Gasteiger partial charge in [-0.3, -0.25) is 9.78 Å². The van der Waals surface area contributed by atoms with E-state index in [-0.39, 0.29) is 29.8 Å². The Labute approximate surface area is 125 Å². The van der Waals surface area contributed by atoms with E-state index in [9.17, 15) is 9.18 Å². The fourth-order valence-electron chi connectivity index (χ4n) is 2.68. The Morgan fingerprint density at radius 1 is 1.43 bits per heavy atom. The van der Waals surface area contributed by atoms with E-state index >= 15 is 0 Å². The lowest BCUT2D eigenvalue weighted by Gasteiger charge is -2.11. The standard InChI is InChI=1S/C14H12ClFN4O/c15-8-2-1-5-17-11(8)10-6-9(16)14-18-13(19-20(10)14)12(21)7-3-4-7/h1-2,5,7,9-10H,3-4,6H2. The van der Waals surface area contributed by atoms with Gasteiger partial charge in [-0.25, -0.2) is 14.1 Å². The van der Waals surface area contributed by atoms with E-state index in [2.05, 4.69) is 15.1 Å². The van der Waals surface area contributed by atoms with Gasteiger partial charge in [-0.15, -0.1) is 5.10 Å². The summed E-state index contributed by atoms with van der Waals surface area (Å²) in [5, 5.41) is 4.68. The van der Waals surface area contributed by atoms with Crippen molar-refractivity contribution in [1.82, 2.24) is 19.7 Å². The molecule has 0 spiro atoms. The van der Waals surface area contributed by atoms with Crippen molar-refractivity contribution in [3.8, 4) is 0 Å². The number of halogens is 2. The molecule has 0 aromatic carbocycles. The number of hydrogen-bond donors (Lipinski definition) is 0. The molecule has 2 aromatic heterocycles. The number of Topliss-reactive ketones (excluding diaryl/α,β-unsaturated/α-hetero) is 1. The van der Waals surface area contributed by atoms with Crippen LogP contribution < -0.4 is 0 Å². The molecule has 2 aromatic rings. The third-order valence-corrected chi connectivity index (χ3v) is 4.25. The lowest BCUT2D eigenvalue weighted by molar-refractivity contribution is 0.0956. The zero-order chi connectivity index (χ0) is 14.6.